The van der Waals surface area contributed by atoms with E-state index < -0.39 is 0 Å². The Morgan fingerprint density at radius 3 is 2.91 bits per heavy atom. The first kappa shape index (κ1) is 15.2. The third kappa shape index (κ3) is 2.95. The van der Waals surface area contributed by atoms with Crippen molar-refractivity contribution in [3.8, 4) is 5.75 Å². The molecule has 118 valence electrons. The van der Waals surface area contributed by atoms with Crippen molar-refractivity contribution in [2.45, 2.75) is 13.5 Å². The number of nitrogens with one attached hydrogen (secondary N) is 1. The van der Waals surface area contributed by atoms with Crippen LogP contribution in [-0.4, -0.2) is 32.9 Å². The van der Waals surface area contributed by atoms with Crippen molar-refractivity contribution in [1.82, 2.24) is 14.9 Å². The van der Waals surface area contributed by atoms with Crippen LogP contribution in [0, 0.1) is 6.92 Å². The number of H-pyrrole nitrogens is 1. The normalized spacial score (nSPS) is 10.9. The maximum atomic E-state index is 12.4. The lowest BCUT2D eigenvalue weighted by Crippen LogP contribution is -2.28. The summed E-state index contributed by atoms with van der Waals surface area (Å²) in [4.78, 5) is 32.8. The molecule has 2 aromatic heterocycles. The SMILES string of the molecule is Cc1ccc(C(=O)N(C)Cc2nc3ccsc3c(=O)[nH]2)c(O)c1. The van der Waals surface area contributed by atoms with Crippen LogP contribution in [0.25, 0.3) is 10.2 Å². The Kier molecular flexibility index (Phi) is 3.87. The summed E-state index contributed by atoms with van der Waals surface area (Å²) in [7, 11) is 1.60. The molecule has 3 aromatic rings. The molecule has 0 bridgehead atoms. The fourth-order valence-corrected chi connectivity index (χ4v) is 3.05. The minimum absolute atomic E-state index is 0.0587. The van der Waals surface area contributed by atoms with E-state index in [1.54, 1.807) is 36.7 Å². The summed E-state index contributed by atoms with van der Waals surface area (Å²) >= 11 is 1.33. The number of amides is 1. The van der Waals surface area contributed by atoms with Crippen LogP contribution >= 0.6 is 11.3 Å². The average molecular weight is 329 g/mol. The number of fused-ring (bicyclic) bond motifs is 1. The molecular weight excluding hydrogens is 314 g/mol. The summed E-state index contributed by atoms with van der Waals surface area (Å²) in [6.07, 6.45) is 0. The standard InChI is InChI=1S/C16H15N3O3S/c1-9-3-4-10(12(20)7-9)16(22)19(2)8-13-17-11-5-6-23-14(11)15(21)18-13/h3-7,20H,8H2,1-2H3,(H,17,18,21). The molecule has 0 atom stereocenters. The molecule has 6 nitrogen and oxygen atoms in total. The molecule has 0 fully saturated rings. The second-order valence-corrected chi connectivity index (χ2v) is 6.25. The Balaban J connectivity index is 1.86. The number of aromatic amines is 1. The van der Waals surface area contributed by atoms with Crippen molar-refractivity contribution < 1.29 is 9.90 Å². The van der Waals surface area contributed by atoms with Crippen molar-refractivity contribution in [3.63, 3.8) is 0 Å². The lowest BCUT2D eigenvalue weighted by atomic mass is 10.1. The molecule has 23 heavy (non-hydrogen) atoms. The molecule has 0 aliphatic rings. The first-order valence-electron chi connectivity index (χ1n) is 6.97. The highest BCUT2D eigenvalue weighted by molar-refractivity contribution is 7.17. The van der Waals surface area contributed by atoms with E-state index in [4.69, 9.17) is 0 Å². The zero-order chi connectivity index (χ0) is 16.6. The number of phenolic OH excluding ortho intramolecular Hbond substituents is 1. The van der Waals surface area contributed by atoms with Crippen molar-refractivity contribution in [2.24, 2.45) is 0 Å². The van der Waals surface area contributed by atoms with Crippen LogP contribution in [-0.2, 0) is 6.54 Å². The Labute approximate surface area is 136 Å². The molecule has 0 saturated carbocycles. The molecule has 3 rings (SSSR count). The second kappa shape index (κ2) is 5.85. The minimum atomic E-state index is -0.337. The van der Waals surface area contributed by atoms with Gasteiger partial charge in [-0.05, 0) is 36.1 Å². The molecule has 2 N–H and O–H groups in total. The molecule has 2 heterocycles. The van der Waals surface area contributed by atoms with E-state index in [9.17, 15) is 14.7 Å². The molecule has 0 aliphatic carbocycles. The molecule has 0 saturated heterocycles. The quantitative estimate of drug-likeness (QED) is 0.772. The number of benzene rings is 1. The predicted molar refractivity (Wildman–Crippen MR) is 88.9 cm³/mol. The average Bonchev–Trinajstić information content (AvgIpc) is 2.95. The number of aromatic hydroxyl groups is 1. The van der Waals surface area contributed by atoms with Gasteiger partial charge in [0.25, 0.3) is 11.5 Å². The minimum Gasteiger partial charge on any atom is -0.507 e. The Morgan fingerprint density at radius 1 is 1.39 bits per heavy atom. The third-order valence-corrected chi connectivity index (χ3v) is 4.38. The zero-order valence-electron chi connectivity index (χ0n) is 12.7. The summed E-state index contributed by atoms with van der Waals surface area (Å²) in [5, 5.41) is 11.7. The van der Waals surface area contributed by atoms with E-state index in [2.05, 4.69) is 9.97 Å². The summed E-state index contributed by atoms with van der Waals surface area (Å²) in [6, 6.07) is 6.66. The van der Waals surface area contributed by atoms with Crippen molar-refractivity contribution >= 4 is 27.5 Å². The van der Waals surface area contributed by atoms with Gasteiger partial charge >= 0.3 is 0 Å². The lowest BCUT2D eigenvalue weighted by molar-refractivity contribution is 0.0778. The van der Waals surface area contributed by atoms with Crippen LogP contribution < -0.4 is 5.56 Å². The van der Waals surface area contributed by atoms with E-state index in [1.807, 2.05) is 6.92 Å². The van der Waals surface area contributed by atoms with E-state index >= 15 is 0 Å². The van der Waals surface area contributed by atoms with Gasteiger partial charge in [0.15, 0.2) is 0 Å². The molecule has 1 aromatic carbocycles. The number of aromatic nitrogens is 2. The molecule has 0 radical (unpaired) electrons. The van der Waals surface area contributed by atoms with E-state index in [1.165, 1.54) is 16.2 Å². The van der Waals surface area contributed by atoms with Crippen LogP contribution in [0.5, 0.6) is 5.75 Å². The van der Waals surface area contributed by atoms with Crippen molar-refractivity contribution in [2.75, 3.05) is 7.05 Å². The van der Waals surface area contributed by atoms with Gasteiger partial charge in [-0.25, -0.2) is 4.98 Å². The molecule has 7 heteroatoms. The predicted octanol–water partition coefficient (Wildman–Crippen LogP) is 2.27. The number of hydrogen-bond acceptors (Lipinski definition) is 5. The van der Waals surface area contributed by atoms with E-state index in [0.29, 0.717) is 16.0 Å². The Hall–Kier alpha value is -2.67. The first-order valence-corrected chi connectivity index (χ1v) is 7.85. The number of rotatable bonds is 3. The van der Waals surface area contributed by atoms with Crippen LogP contribution in [0.1, 0.15) is 21.7 Å². The molecule has 0 unspecified atom stereocenters. The van der Waals surface area contributed by atoms with Gasteiger partial charge in [0, 0.05) is 7.05 Å². The molecule has 0 aliphatic heterocycles. The number of carbonyl (C=O) groups is 1. The lowest BCUT2D eigenvalue weighted by Gasteiger charge is -2.17. The van der Waals surface area contributed by atoms with Gasteiger partial charge in [0.1, 0.15) is 16.3 Å². The topological polar surface area (TPSA) is 86.3 Å². The summed E-state index contributed by atoms with van der Waals surface area (Å²) in [6.45, 7) is 1.98. The number of aryl methyl sites for hydroxylation is 1. The molecule has 1 amide bonds. The number of phenols is 1. The summed E-state index contributed by atoms with van der Waals surface area (Å²) in [5.74, 6) is 0.00973. The number of thiophene rings is 1. The third-order valence-electron chi connectivity index (χ3n) is 3.48. The first-order chi connectivity index (χ1) is 11.0. The fraction of sp³-hybridized carbons (Fsp3) is 0.188. The Bertz CT molecular complexity index is 945. The highest BCUT2D eigenvalue weighted by Crippen LogP contribution is 2.20. The van der Waals surface area contributed by atoms with Gasteiger partial charge in [-0.15, -0.1) is 11.3 Å². The fourth-order valence-electron chi connectivity index (χ4n) is 2.32. The summed E-state index contributed by atoms with van der Waals surface area (Å²) < 4.78 is 0.568. The van der Waals surface area contributed by atoms with Gasteiger partial charge in [-0.1, -0.05) is 6.07 Å². The summed E-state index contributed by atoms with van der Waals surface area (Å²) in [5.41, 5.74) is 1.50. The maximum absolute atomic E-state index is 12.4. The smallest absolute Gasteiger partial charge is 0.268 e. The van der Waals surface area contributed by atoms with Crippen LogP contribution in [0.4, 0.5) is 0 Å². The zero-order valence-corrected chi connectivity index (χ0v) is 13.5. The van der Waals surface area contributed by atoms with Gasteiger partial charge in [-0.2, -0.15) is 0 Å². The van der Waals surface area contributed by atoms with Gasteiger partial charge in [0.05, 0.1) is 17.6 Å². The molecule has 0 spiro atoms. The number of nitrogens with zero attached hydrogens (tertiary/aromatic N) is 2. The highest BCUT2D eigenvalue weighted by atomic mass is 32.1. The highest BCUT2D eigenvalue weighted by Gasteiger charge is 2.17. The van der Waals surface area contributed by atoms with Gasteiger partial charge < -0.3 is 15.0 Å². The number of carbonyl (C=O) groups excluding carboxylic acids is 1. The largest absolute Gasteiger partial charge is 0.507 e. The van der Waals surface area contributed by atoms with Crippen molar-refractivity contribution in [3.05, 3.63) is 57.0 Å². The second-order valence-electron chi connectivity index (χ2n) is 5.33. The van der Waals surface area contributed by atoms with Gasteiger partial charge in [0.2, 0.25) is 0 Å². The van der Waals surface area contributed by atoms with Crippen LogP contribution in [0.3, 0.4) is 0 Å². The van der Waals surface area contributed by atoms with Crippen LogP contribution in [0.2, 0.25) is 0 Å². The monoisotopic (exact) mass is 329 g/mol. The van der Waals surface area contributed by atoms with Gasteiger partial charge in [-0.3, -0.25) is 9.59 Å². The van der Waals surface area contributed by atoms with Crippen molar-refractivity contribution in [1.29, 1.82) is 0 Å². The number of hydrogen-bond donors (Lipinski definition) is 2. The molecular formula is C16H15N3O3S. The van der Waals surface area contributed by atoms with E-state index in [0.717, 1.165) is 5.56 Å². The van der Waals surface area contributed by atoms with Crippen LogP contribution in [0.15, 0.2) is 34.4 Å². The maximum Gasteiger partial charge on any atom is 0.268 e. The van der Waals surface area contributed by atoms with E-state index in [-0.39, 0.29) is 29.3 Å². The Morgan fingerprint density at radius 2 is 2.17 bits per heavy atom.